The molecule has 1 aliphatic rings. The van der Waals surface area contributed by atoms with Gasteiger partial charge in [-0.05, 0) is 13.8 Å². The number of anilines is 1. The van der Waals surface area contributed by atoms with Crippen LogP contribution in [0.2, 0.25) is 0 Å². The van der Waals surface area contributed by atoms with Crippen LogP contribution in [0.5, 0.6) is 0 Å². The Bertz CT molecular complexity index is 500. The lowest BCUT2D eigenvalue weighted by atomic mass is 10.2. The first-order valence-corrected chi connectivity index (χ1v) is 7.62. The summed E-state index contributed by atoms with van der Waals surface area (Å²) in [6.07, 6.45) is 5.15. The Kier molecular flexibility index (Phi) is 4.99. The highest BCUT2D eigenvalue weighted by molar-refractivity contribution is 7.13. The molecule has 1 amide bonds. The van der Waals surface area contributed by atoms with Crippen molar-refractivity contribution in [3.63, 3.8) is 0 Å². The molecule has 0 aromatic carbocycles. The van der Waals surface area contributed by atoms with Crippen LogP contribution >= 0.6 is 11.3 Å². The van der Waals surface area contributed by atoms with Gasteiger partial charge in [0.2, 0.25) is 5.91 Å². The van der Waals surface area contributed by atoms with Crippen LogP contribution in [-0.2, 0) is 4.79 Å². The summed E-state index contributed by atoms with van der Waals surface area (Å²) in [4.78, 5) is 20.8. The molecule has 20 heavy (non-hydrogen) atoms. The van der Waals surface area contributed by atoms with Gasteiger partial charge >= 0.3 is 0 Å². The number of carbonyl (C=O) groups excluding carboxylic acids is 1. The molecule has 2 heterocycles. The number of terminal acetylenes is 1. The van der Waals surface area contributed by atoms with E-state index in [2.05, 4.69) is 31.4 Å². The summed E-state index contributed by atoms with van der Waals surface area (Å²) >= 11 is 1.68. The maximum Gasteiger partial charge on any atom is 0.237 e. The molecule has 0 aliphatic carbocycles. The zero-order valence-corrected chi connectivity index (χ0v) is 12.7. The fourth-order valence-corrected chi connectivity index (χ4v) is 3.10. The molecule has 1 aliphatic heterocycles. The van der Waals surface area contributed by atoms with E-state index in [1.54, 1.807) is 11.3 Å². The maximum atomic E-state index is 11.9. The lowest BCUT2D eigenvalue weighted by Gasteiger charge is -2.37. The van der Waals surface area contributed by atoms with Gasteiger partial charge in [0.15, 0.2) is 5.13 Å². The largest absolute Gasteiger partial charge is 0.346 e. The smallest absolute Gasteiger partial charge is 0.237 e. The fourth-order valence-electron chi connectivity index (χ4n) is 2.24. The third kappa shape index (κ3) is 3.50. The Balaban J connectivity index is 1.85. The summed E-state index contributed by atoms with van der Waals surface area (Å²) in [5.74, 6) is 2.42. The number of hydrogen-bond donors (Lipinski definition) is 1. The topological polar surface area (TPSA) is 48.5 Å². The highest BCUT2D eigenvalue weighted by Crippen LogP contribution is 2.21. The SMILES string of the molecule is C#CCNC(=O)C(C)N1CCN(c2nc(C)cs2)CC1. The van der Waals surface area contributed by atoms with Crippen LogP contribution in [-0.4, -0.2) is 54.6 Å². The molecule has 5 nitrogen and oxygen atoms in total. The van der Waals surface area contributed by atoms with Gasteiger partial charge in [-0.3, -0.25) is 9.69 Å². The first kappa shape index (κ1) is 14.8. The van der Waals surface area contributed by atoms with Gasteiger partial charge in [0, 0.05) is 31.6 Å². The lowest BCUT2D eigenvalue weighted by Crippen LogP contribution is -2.54. The van der Waals surface area contributed by atoms with Crippen LogP contribution in [0.4, 0.5) is 5.13 Å². The fraction of sp³-hybridized carbons (Fsp3) is 0.571. The summed E-state index contributed by atoms with van der Waals surface area (Å²) in [7, 11) is 0. The van der Waals surface area contributed by atoms with E-state index in [0.717, 1.165) is 37.0 Å². The number of nitrogens with one attached hydrogen (secondary N) is 1. The van der Waals surface area contributed by atoms with Gasteiger partial charge in [-0.2, -0.15) is 0 Å². The summed E-state index contributed by atoms with van der Waals surface area (Å²) in [5.41, 5.74) is 1.06. The molecule has 1 fully saturated rings. The first-order chi connectivity index (χ1) is 9.61. The van der Waals surface area contributed by atoms with Crippen molar-refractivity contribution in [2.75, 3.05) is 37.6 Å². The third-order valence-corrected chi connectivity index (χ3v) is 4.50. The Hall–Kier alpha value is -1.58. The van der Waals surface area contributed by atoms with Gasteiger partial charge in [-0.25, -0.2) is 4.98 Å². The quantitative estimate of drug-likeness (QED) is 0.831. The van der Waals surface area contributed by atoms with Crippen LogP contribution in [0, 0.1) is 19.3 Å². The minimum absolute atomic E-state index is 0.00138. The van der Waals surface area contributed by atoms with Crippen molar-refractivity contribution in [1.29, 1.82) is 0 Å². The second-order valence-corrected chi connectivity index (χ2v) is 5.73. The van der Waals surface area contributed by atoms with Crippen molar-refractivity contribution in [2.45, 2.75) is 19.9 Å². The molecule has 6 heteroatoms. The van der Waals surface area contributed by atoms with E-state index < -0.39 is 0 Å². The maximum absolute atomic E-state index is 11.9. The van der Waals surface area contributed by atoms with Gasteiger partial charge in [0.05, 0.1) is 18.3 Å². The number of nitrogens with zero attached hydrogens (tertiary/aromatic N) is 3. The summed E-state index contributed by atoms with van der Waals surface area (Å²) in [6.45, 7) is 7.76. The molecule has 1 aromatic heterocycles. The van der Waals surface area contributed by atoms with E-state index in [4.69, 9.17) is 6.42 Å². The zero-order chi connectivity index (χ0) is 14.5. The van der Waals surface area contributed by atoms with Gasteiger partial charge in [0.25, 0.3) is 0 Å². The van der Waals surface area contributed by atoms with Crippen molar-refractivity contribution in [1.82, 2.24) is 15.2 Å². The number of hydrogen-bond acceptors (Lipinski definition) is 5. The molecule has 108 valence electrons. The molecular formula is C14H20N4OS. The monoisotopic (exact) mass is 292 g/mol. The van der Waals surface area contributed by atoms with Crippen LogP contribution in [0.1, 0.15) is 12.6 Å². The molecule has 1 saturated heterocycles. The van der Waals surface area contributed by atoms with E-state index in [1.165, 1.54) is 0 Å². The molecule has 0 radical (unpaired) electrons. The number of thiazole rings is 1. The van der Waals surface area contributed by atoms with Gasteiger partial charge in [-0.15, -0.1) is 17.8 Å². The number of aryl methyl sites for hydroxylation is 1. The van der Waals surface area contributed by atoms with E-state index >= 15 is 0 Å². The Morgan fingerprint density at radius 1 is 1.55 bits per heavy atom. The predicted octanol–water partition coefficient (Wildman–Crippen LogP) is 0.711. The van der Waals surface area contributed by atoms with Crippen LogP contribution < -0.4 is 10.2 Å². The van der Waals surface area contributed by atoms with E-state index in [0.29, 0.717) is 6.54 Å². The second-order valence-electron chi connectivity index (χ2n) is 4.89. The van der Waals surface area contributed by atoms with Crippen molar-refractivity contribution < 1.29 is 4.79 Å². The zero-order valence-electron chi connectivity index (χ0n) is 11.9. The number of rotatable bonds is 4. The van der Waals surface area contributed by atoms with E-state index in [1.807, 2.05) is 13.8 Å². The van der Waals surface area contributed by atoms with E-state index in [9.17, 15) is 4.79 Å². The van der Waals surface area contributed by atoms with Gasteiger partial charge in [0.1, 0.15) is 0 Å². The minimum Gasteiger partial charge on any atom is -0.346 e. The normalized spacial score (nSPS) is 17.6. The molecular weight excluding hydrogens is 272 g/mol. The third-order valence-electron chi connectivity index (χ3n) is 3.48. The molecule has 2 rings (SSSR count). The van der Waals surface area contributed by atoms with E-state index in [-0.39, 0.29) is 11.9 Å². The van der Waals surface area contributed by atoms with Crippen molar-refractivity contribution in [3.8, 4) is 12.3 Å². The summed E-state index contributed by atoms with van der Waals surface area (Å²) < 4.78 is 0. The van der Waals surface area contributed by atoms with Crippen molar-refractivity contribution >= 4 is 22.4 Å². The molecule has 1 N–H and O–H groups in total. The molecule has 1 aromatic rings. The highest BCUT2D eigenvalue weighted by Gasteiger charge is 2.26. The molecule has 0 bridgehead atoms. The first-order valence-electron chi connectivity index (χ1n) is 6.74. The average molecular weight is 292 g/mol. The number of piperazine rings is 1. The van der Waals surface area contributed by atoms with Gasteiger partial charge < -0.3 is 10.2 Å². The Morgan fingerprint density at radius 2 is 2.25 bits per heavy atom. The van der Waals surface area contributed by atoms with Crippen molar-refractivity contribution in [2.24, 2.45) is 0 Å². The molecule has 1 unspecified atom stereocenters. The lowest BCUT2D eigenvalue weighted by molar-refractivity contribution is -0.125. The van der Waals surface area contributed by atoms with Crippen LogP contribution in [0.25, 0.3) is 0 Å². The number of aromatic nitrogens is 1. The minimum atomic E-state index is -0.136. The summed E-state index contributed by atoms with van der Waals surface area (Å²) in [6, 6.07) is -0.136. The highest BCUT2D eigenvalue weighted by atomic mass is 32.1. The molecule has 1 atom stereocenters. The Morgan fingerprint density at radius 3 is 2.80 bits per heavy atom. The average Bonchev–Trinajstić information content (AvgIpc) is 2.90. The summed E-state index contributed by atoms with van der Waals surface area (Å²) in [5, 5.41) is 5.88. The number of amides is 1. The second kappa shape index (κ2) is 6.73. The number of carbonyl (C=O) groups is 1. The van der Waals surface area contributed by atoms with Gasteiger partial charge in [-0.1, -0.05) is 5.92 Å². The predicted molar refractivity (Wildman–Crippen MR) is 81.9 cm³/mol. The van der Waals surface area contributed by atoms with Crippen molar-refractivity contribution in [3.05, 3.63) is 11.1 Å². The van der Waals surface area contributed by atoms with Crippen LogP contribution in [0.3, 0.4) is 0 Å². The standard InChI is InChI=1S/C14H20N4OS/c1-4-5-15-13(19)12(3)17-6-8-18(9-7-17)14-16-11(2)10-20-14/h1,10,12H,5-9H2,2-3H3,(H,15,19). The Labute approximate surface area is 124 Å². The van der Waals surface area contributed by atoms with Crippen LogP contribution in [0.15, 0.2) is 5.38 Å². The molecule has 0 saturated carbocycles. The molecule has 0 spiro atoms.